The van der Waals surface area contributed by atoms with Gasteiger partial charge in [-0.05, 0) is 53.6 Å². The van der Waals surface area contributed by atoms with E-state index in [1.165, 1.54) is 0 Å². The van der Waals surface area contributed by atoms with E-state index in [0.29, 0.717) is 17.9 Å². The smallest absolute Gasteiger partial charge is 0.244 e. The maximum atomic E-state index is 11.9. The predicted molar refractivity (Wildman–Crippen MR) is 116 cm³/mol. The van der Waals surface area contributed by atoms with E-state index in [-0.39, 0.29) is 12.3 Å². The summed E-state index contributed by atoms with van der Waals surface area (Å²) < 4.78 is 6.71. The number of hydrogen-bond acceptors (Lipinski definition) is 4. The first-order valence-electron chi connectivity index (χ1n) is 8.91. The Kier molecular flexibility index (Phi) is 7.15. The second-order valence-corrected chi connectivity index (χ2v) is 7.14. The highest BCUT2D eigenvalue weighted by Gasteiger charge is 2.03. The van der Waals surface area contributed by atoms with Gasteiger partial charge in [-0.2, -0.15) is 10.4 Å². The van der Waals surface area contributed by atoms with Crippen molar-refractivity contribution >= 4 is 28.1 Å². The van der Waals surface area contributed by atoms with Crippen LogP contribution in [0.15, 0.2) is 82.4 Å². The summed E-state index contributed by atoms with van der Waals surface area (Å²) in [5, 5.41) is 13.1. The molecule has 0 aliphatic heterocycles. The van der Waals surface area contributed by atoms with Crippen molar-refractivity contribution in [3.05, 3.63) is 99.5 Å². The number of carbonyl (C=O) groups is 1. The van der Waals surface area contributed by atoms with Crippen LogP contribution >= 0.6 is 15.9 Å². The molecule has 1 amide bonds. The SMILES string of the molecule is N#Cc1ccccc1COc1ccc(/C=N\NC(=O)Cc2ccc(Br)cc2)cc1. The van der Waals surface area contributed by atoms with Gasteiger partial charge >= 0.3 is 0 Å². The van der Waals surface area contributed by atoms with Crippen LogP contribution < -0.4 is 10.2 Å². The van der Waals surface area contributed by atoms with Gasteiger partial charge in [0.05, 0.1) is 24.3 Å². The largest absolute Gasteiger partial charge is 0.489 e. The number of nitrogens with one attached hydrogen (secondary N) is 1. The van der Waals surface area contributed by atoms with Crippen molar-refractivity contribution in [1.29, 1.82) is 5.26 Å². The van der Waals surface area contributed by atoms with Gasteiger partial charge in [0.25, 0.3) is 0 Å². The third-order valence-electron chi connectivity index (χ3n) is 4.09. The van der Waals surface area contributed by atoms with Gasteiger partial charge in [0.15, 0.2) is 0 Å². The number of nitriles is 1. The summed E-state index contributed by atoms with van der Waals surface area (Å²) in [6.45, 7) is 0.323. The van der Waals surface area contributed by atoms with Gasteiger partial charge < -0.3 is 4.74 Å². The van der Waals surface area contributed by atoms with Gasteiger partial charge in [0.1, 0.15) is 12.4 Å². The van der Waals surface area contributed by atoms with Crippen LogP contribution in [0.5, 0.6) is 5.75 Å². The molecule has 0 saturated heterocycles. The van der Waals surface area contributed by atoms with Gasteiger partial charge in [0.2, 0.25) is 5.91 Å². The molecule has 3 rings (SSSR count). The lowest BCUT2D eigenvalue weighted by atomic mass is 10.1. The van der Waals surface area contributed by atoms with Gasteiger partial charge in [-0.3, -0.25) is 4.79 Å². The molecule has 1 N–H and O–H groups in total. The van der Waals surface area contributed by atoms with E-state index in [2.05, 4.69) is 32.5 Å². The molecular formula is C23H18BrN3O2. The average molecular weight is 448 g/mol. The van der Waals surface area contributed by atoms with Crippen LogP contribution in [0.1, 0.15) is 22.3 Å². The molecule has 144 valence electrons. The fraction of sp³-hybridized carbons (Fsp3) is 0.0870. The predicted octanol–water partition coefficient (Wildman–Crippen LogP) is 4.59. The minimum atomic E-state index is -0.181. The Balaban J connectivity index is 1.49. The lowest BCUT2D eigenvalue weighted by Gasteiger charge is -2.07. The first-order valence-corrected chi connectivity index (χ1v) is 9.70. The molecule has 29 heavy (non-hydrogen) atoms. The van der Waals surface area contributed by atoms with Crippen molar-refractivity contribution in [3.63, 3.8) is 0 Å². The highest BCUT2D eigenvalue weighted by Crippen LogP contribution is 2.15. The molecule has 0 aromatic heterocycles. The average Bonchev–Trinajstić information content (AvgIpc) is 2.75. The number of amides is 1. The standard InChI is InChI=1S/C23H18BrN3O2/c24-21-9-5-17(6-10-21)13-23(28)27-26-15-18-7-11-22(12-8-18)29-16-20-4-2-1-3-19(20)14-25/h1-12,15H,13,16H2,(H,27,28)/b26-15-. The quantitative estimate of drug-likeness (QED) is 0.424. The Morgan fingerprint density at radius 3 is 2.52 bits per heavy atom. The van der Waals surface area contributed by atoms with E-state index in [1.807, 2.05) is 66.7 Å². The monoisotopic (exact) mass is 447 g/mol. The number of hydrazone groups is 1. The van der Waals surface area contributed by atoms with Crippen molar-refractivity contribution in [2.75, 3.05) is 0 Å². The summed E-state index contributed by atoms with van der Waals surface area (Å²) in [5.41, 5.74) is 5.72. The highest BCUT2D eigenvalue weighted by molar-refractivity contribution is 9.10. The summed E-state index contributed by atoms with van der Waals surface area (Å²) >= 11 is 3.37. The lowest BCUT2D eigenvalue weighted by molar-refractivity contribution is -0.120. The van der Waals surface area contributed by atoms with E-state index >= 15 is 0 Å². The van der Waals surface area contributed by atoms with Crippen molar-refractivity contribution in [3.8, 4) is 11.8 Å². The topological polar surface area (TPSA) is 74.5 Å². The van der Waals surface area contributed by atoms with E-state index in [9.17, 15) is 4.79 Å². The van der Waals surface area contributed by atoms with E-state index in [4.69, 9.17) is 10.00 Å². The normalized spacial score (nSPS) is 10.5. The molecule has 0 radical (unpaired) electrons. The van der Waals surface area contributed by atoms with Crippen LogP contribution in [0.4, 0.5) is 0 Å². The lowest BCUT2D eigenvalue weighted by Crippen LogP contribution is -2.19. The summed E-state index contributed by atoms with van der Waals surface area (Å²) in [6, 6.07) is 24.4. The molecule has 3 aromatic rings. The molecule has 0 aliphatic rings. The molecule has 0 spiro atoms. The molecular weight excluding hydrogens is 430 g/mol. The number of hydrogen-bond donors (Lipinski definition) is 1. The minimum Gasteiger partial charge on any atom is -0.489 e. The van der Waals surface area contributed by atoms with Crippen LogP contribution in [-0.2, 0) is 17.8 Å². The van der Waals surface area contributed by atoms with E-state index < -0.39 is 0 Å². The third kappa shape index (κ3) is 6.30. The summed E-state index contributed by atoms with van der Waals surface area (Å²) in [4.78, 5) is 11.9. The number of nitrogens with zero attached hydrogens (tertiary/aromatic N) is 2. The Morgan fingerprint density at radius 2 is 1.79 bits per heavy atom. The number of ether oxygens (including phenoxy) is 1. The Labute approximate surface area is 177 Å². The van der Waals surface area contributed by atoms with Gasteiger partial charge in [-0.25, -0.2) is 5.43 Å². The molecule has 0 saturated carbocycles. The Bertz CT molecular complexity index is 1040. The summed E-state index contributed by atoms with van der Waals surface area (Å²) in [7, 11) is 0. The molecule has 0 atom stereocenters. The molecule has 0 bridgehead atoms. The zero-order chi connectivity index (χ0) is 20.5. The van der Waals surface area contributed by atoms with Gasteiger partial charge in [-0.1, -0.05) is 46.3 Å². The molecule has 0 heterocycles. The van der Waals surface area contributed by atoms with E-state index in [0.717, 1.165) is 21.2 Å². The van der Waals surface area contributed by atoms with Crippen LogP contribution in [-0.4, -0.2) is 12.1 Å². The van der Waals surface area contributed by atoms with Crippen molar-refractivity contribution in [1.82, 2.24) is 5.43 Å². The second kappa shape index (κ2) is 10.2. The van der Waals surface area contributed by atoms with Gasteiger partial charge in [0, 0.05) is 10.0 Å². The molecule has 5 nitrogen and oxygen atoms in total. The van der Waals surface area contributed by atoms with E-state index in [1.54, 1.807) is 12.3 Å². The number of carbonyl (C=O) groups excluding carboxylic acids is 1. The molecule has 6 heteroatoms. The maximum Gasteiger partial charge on any atom is 0.244 e. The van der Waals surface area contributed by atoms with Crippen LogP contribution in [0.2, 0.25) is 0 Å². The van der Waals surface area contributed by atoms with Crippen molar-refractivity contribution in [2.24, 2.45) is 5.10 Å². The third-order valence-corrected chi connectivity index (χ3v) is 4.62. The Morgan fingerprint density at radius 1 is 1.07 bits per heavy atom. The molecule has 0 unspecified atom stereocenters. The summed E-state index contributed by atoms with van der Waals surface area (Å²) in [5.74, 6) is 0.508. The zero-order valence-electron chi connectivity index (χ0n) is 15.5. The van der Waals surface area contributed by atoms with Crippen molar-refractivity contribution < 1.29 is 9.53 Å². The fourth-order valence-corrected chi connectivity index (χ4v) is 2.84. The van der Waals surface area contributed by atoms with Crippen LogP contribution in [0.25, 0.3) is 0 Å². The summed E-state index contributed by atoms with van der Waals surface area (Å²) in [6.07, 6.45) is 1.84. The Hall–Kier alpha value is -3.43. The molecule has 3 aromatic carbocycles. The first-order chi connectivity index (χ1) is 14.1. The van der Waals surface area contributed by atoms with Crippen LogP contribution in [0.3, 0.4) is 0 Å². The number of rotatable bonds is 7. The minimum absolute atomic E-state index is 0.181. The second-order valence-electron chi connectivity index (χ2n) is 6.22. The molecule has 0 aliphatic carbocycles. The zero-order valence-corrected chi connectivity index (χ0v) is 17.1. The van der Waals surface area contributed by atoms with Gasteiger partial charge in [-0.15, -0.1) is 0 Å². The number of benzene rings is 3. The van der Waals surface area contributed by atoms with Crippen LogP contribution in [0, 0.1) is 11.3 Å². The highest BCUT2D eigenvalue weighted by atomic mass is 79.9. The fourth-order valence-electron chi connectivity index (χ4n) is 2.57. The van der Waals surface area contributed by atoms with Crippen molar-refractivity contribution in [2.45, 2.75) is 13.0 Å². The first kappa shape index (κ1) is 20.3. The maximum absolute atomic E-state index is 11.9. The number of halogens is 1. The molecule has 0 fully saturated rings.